The maximum absolute atomic E-state index is 13.2. The molecule has 1 aromatic rings. The van der Waals surface area contributed by atoms with E-state index in [1.54, 1.807) is 6.07 Å². The zero-order valence-corrected chi connectivity index (χ0v) is 12.2. The first-order valence-electron chi connectivity index (χ1n) is 5.15. The van der Waals surface area contributed by atoms with Gasteiger partial charge in [0.25, 0.3) is 0 Å². The van der Waals surface area contributed by atoms with E-state index in [0.717, 1.165) is 12.1 Å². The highest BCUT2D eigenvalue weighted by molar-refractivity contribution is 9.10. The lowest BCUT2D eigenvalue weighted by Crippen LogP contribution is -2.31. The molecule has 0 fully saturated rings. The first-order valence-corrected chi connectivity index (χ1v) is 7.17. The van der Waals surface area contributed by atoms with Gasteiger partial charge in [0.2, 0.25) is 0 Å². The molecule has 90 valence electrons. The Balaban J connectivity index is 2.53. The van der Waals surface area contributed by atoms with Crippen LogP contribution in [0.15, 0.2) is 22.7 Å². The van der Waals surface area contributed by atoms with Gasteiger partial charge in [-0.15, -0.1) is 0 Å². The van der Waals surface area contributed by atoms with Gasteiger partial charge in [-0.05, 0) is 47.7 Å². The first kappa shape index (κ1) is 14.0. The molecule has 1 rings (SSSR count). The van der Waals surface area contributed by atoms with Crippen molar-refractivity contribution in [1.29, 1.82) is 0 Å². The van der Waals surface area contributed by atoms with Crippen molar-refractivity contribution in [2.45, 2.75) is 25.1 Å². The Hall–Kier alpha value is -0.0600. The van der Waals surface area contributed by atoms with Gasteiger partial charge in [-0.2, -0.15) is 11.8 Å². The minimum Gasteiger partial charge on any atom is -0.311 e. The standard InChI is InChI=1S/C12H17BrFNS/c1-12(2,16-3)8-15-7-9-5-4-6-10(14)11(9)13/h4-6,15H,7-8H2,1-3H3. The second kappa shape index (κ2) is 6.03. The van der Waals surface area contributed by atoms with Crippen molar-refractivity contribution in [1.82, 2.24) is 5.32 Å². The lowest BCUT2D eigenvalue weighted by atomic mass is 10.2. The Morgan fingerprint density at radius 2 is 2.12 bits per heavy atom. The van der Waals surface area contributed by atoms with Crippen LogP contribution in [0.25, 0.3) is 0 Å². The molecule has 4 heteroatoms. The summed E-state index contributed by atoms with van der Waals surface area (Å²) in [4.78, 5) is 0. The third-order valence-corrected chi connectivity index (χ3v) is 4.59. The highest BCUT2D eigenvalue weighted by atomic mass is 79.9. The molecule has 0 spiro atoms. The van der Waals surface area contributed by atoms with Gasteiger partial charge in [-0.25, -0.2) is 4.39 Å². The van der Waals surface area contributed by atoms with E-state index in [2.05, 4.69) is 41.3 Å². The van der Waals surface area contributed by atoms with Crippen LogP contribution in [0, 0.1) is 5.82 Å². The molecule has 0 unspecified atom stereocenters. The molecule has 0 aliphatic heterocycles. The largest absolute Gasteiger partial charge is 0.311 e. The number of hydrogen-bond donors (Lipinski definition) is 1. The predicted octanol–water partition coefficient (Wildman–Crippen LogP) is 3.82. The molecule has 0 aliphatic carbocycles. The van der Waals surface area contributed by atoms with E-state index in [1.165, 1.54) is 6.07 Å². The van der Waals surface area contributed by atoms with Gasteiger partial charge in [-0.1, -0.05) is 12.1 Å². The first-order chi connectivity index (χ1) is 7.46. The van der Waals surface area contributed by atoms with E-state index in [4.69, 9.17) is 0 Å². The van der Waals surface area contributed by atoms with E-state index >= 15 is 0 Å². The minimum absolute atomic E-state index is 0.205. The van der Waals surface area contributed by atoms with Crippen molar-refractivity contribution in [2.75, 3.05) is 12.8 Å². The zero-order valence-electron chi connectivity index (χ0n) is 9.81. The average molecular weight is 306 g/mol. The van der Waals surface area contributed by atoms with Crippen molar-refractivity contribution < 1.29 is 4.39 Å². The van der Waals surface area contributed by atoms with Crippen molar-refractivity contribution in [3.8, 4) is 0 Å². The lowest BCUT2D eigenvalue weighted by Gasteiger charge is -2.22. The Kier molecular flexibility index (Phi) is 5.28. The van der Waals surface area contributed by atoms with Gasteiger partial charge in [-0.3, -0.25) is 0 Å². The molecule has 0 bridgehead atoms. The maximum atomic E-state index is 13.2. The molecule has 1 N–H and O–H groups in total. The lowest BCUT2D eigenvalue weighted by molar-refractivity contribution is 0.582. The number of hydrogen-bond acceptors (Lipinski definition) is 2. The van der Waals surface area contributed by atoms with Crippen molar-refractivity contribution in [3.05, 3.63) is 34.1 Å². The SMILES string of the molecule is CSC(C)(C)CNCc1cccc(F)c1Br. The van der Waals surface area contributed by atoms with Crippen LogP contribution in [0.4, 0.5) is 4.39 Å². The van der Waals surface area contributed by atoms with Gasteiger partial charge >= 0.3 is 0 Å². The fraction of sp³-hybridized carbons (Fsp3) is 0.500. The Labute approximate surface area is 109 Å². The van der Waals surface area contributed by atoms with E-state index in [-0.39, 0.29) is 10.6 Å². The monoisotopic (exact) mass is 305 g/mol. The summed E-state index contributed by atoms with van der Waals surface area (Å²) in [6.07, 6.45) is 2.10. The summed E-state index contributed by atoms with van der Waals surface area (Å²) in [7, 11) is 0. The number of rotatable bonds is 5. The smallest absolute Gasteiger partial charge is 0.137 e. The molecule has 1 aromatic carbocycles. The molecule has 0 saturated carbocycles. The fourth-order valence-electron chi connectivity index (χ4n) is 1.26. The summed E-state index contributed by atoms with van der Waals surface area (Å²) < 4.78 is 14.0. The van der Waals surface area contributed by atoms with Gasteiger partial charge in [0, 0.05) is 17.8 Å². The maximum Gasteiger partial charge on any atom is 0.137 e. The van der Waals surface area contributed by atoms with Gasteiger partial charge < -0.3 is 5.32 Å². The van der Waals surface area contributed by atoms with Crippen molar-refractivity contribution in [2.24, 2.45) is 0 Å². The fourth-order valence-corrected chi connectivity index (χ4v) is 1.91. The molecule has 0 heterocycles. The molecule has 0 atom stereocenters. The average Bonchev–Trinajstić information content (AvgIpc) is 2.24. The topological polar surface area (TPSA) is 12.0 Å². The number of halogens is 2. The summed E-state index contributed by atoms with van der Waals surface area (Å²) in [5, 5.41) is 3.34. The van der Waals surface area contributed by atoms with Gasteiger partial charge in [0.05, 0.1) is 4.47 Å². The summed E-state index contributed by atoms with van der Waals surface area (Å²) in [5.41, 5.74) is 0.955. The Morgan fingerprint density at radius 1 is 1.44 bits per heavy atom. The highest BCUT2D eigenvalue weighted by Gasteiger charge is 2.15. The molecule has 0 aliphatic rings. The van der Waals surface area contributed by atoms with Crippen LogP contribution in [0.5, 0.6) is 0 Å². The molecule has 0 radical (unpaired) electrons. The Morgan fingerprint density at radius 3 is 2.75 bits per heavy atom. The zero-order chi connectivity index (χ0) is 12.2. The van der Waals surface area contributed by atoms with E-state index in [0.29, 0.717) is 11.0 Å². The van der Waals surface area contributed by atoms with Crippen LogP contribution in [0.2, 0.25) is 0 Å². The van der Waals surface area contributed by atoms with Crippen molar-refractivity contribution >= 4 is 27.7 Å². The van der Waals surface area contributed by atoms with Crippen LogP contribution in [0.3, 0.4) is 0 Å². The number of thioether (sulfide) groups is 1. The molecule has 1 nitrogen and oxygen atoms in total. The molecule has 16 heavy (non-hydrogen) atoms. The molecule has 0 saturated heterocycles. The third-order valence-electron chi connectivity index (χ3n) is 2.45. The van der Waals surface area contributed by atoms with Gasteiger partial charge in [0.1, 0.15) is 5.82 Å². The van der Waals surface area contributed by atoms with Crippen LogP contribution in [-0.2, 0) is 6.54 Å². The molecular formula is C12H17BrFNS. The highest BCUT2D eigenvalue weighted by Crippen LogP contribution is 2.22. The van der Waals surface area contributed by atoms with Crippen LogP contribution >= 0.6 is 27.7 Å². The quantitative estimate of drug-likeness (QED) is 0.887. The van der Waals surface area contributed by atoms with E-state index in [9.17, 15) is 4.39 Å². The summed E-state index contributed by atoms with van der Waals surface area (Å²) in [5.74, 6) is -0.205. The van der Waals surface area contributed by atoms with Crippen LogP contribution < -0.4 is 5.32 Å². The summed E-state index contributed by atoms with van der Waals surface area (Å²) in [6, 6.07) is 5.11. The normalized spacial score (nSPS) is 11.8. The molecule has 0 amide bonds. The predicted molar refractivity (Wildman–Crippen MR) is 73.4 cm³/mol. The third kappa shape index (κ3) is 4.07. The summed E-state index contributed by atoms with van der Waals surface area (Å²) >= 11 is 5.08. The second-order valence-corrected chi connectivity index (χ2v) is 6.59. The Bertz CT molecular complexity index is 355. The molecule has 0 aromatic heterocycles. The molecular weight excluding hydrogens is 289 g/mol. The number of nitrogens with one attached hydrogen (secondary N) is 1. The second-order valence-electron chi connectivity index (χ2n) is 4.28. The van der Waals surface area contributed by atoms with Crippen LogP contribution in [-0.4, -0.2) is 17.5 Å². The summed E-state index contributed by atoms with van der Waals surface area (Å²) in [6.45, 7) is 5.95. The van der Waals surface area contributed by atoms with Crippen LogP contribution in [0.1, 0.15) is 19.4 Å². The van der Waals surface area contributed by atoms with E-state index < -0.39 is 0 Å². The van der Waals surface area contributed by atoms with Gasteiger partial charge in [0.15, 0.2) is 0 Å². The number of benzene rings is 1. The van der Waals surface area contributed by atoms with Crippen molar-refractivity contribution in [3.63, 3.8) is 0 Å². The van der Waals surface area contributed by atoms with E-state index in [1.807, 2.05) is 17.8 Å². The minimum atomic E-state index is -0.205.